The zero-order valence-electron chi connectivity index (χ0n) is 21.0. The van der Waals surface area contributed by atoms with Crippen LogP contribution in [0.2, 0.25) is 0 Å². The predicted molar refractivity (Wildman–Crippen MR) is 153 cm³/mol. The number of phenols is 1. The molecule has 184 valence electrons. The molecular weight excluding hydrogens is 460 g/mol. The third-order valence-corrected chi connectivity index (χ3v) is 6.08. The van der Waals surface area contributed by atoms with E-state index in [9.17, 15) is 5.11 Å². The average molecular weight is 489 g/mol. The summed E-state index contributed by atoms with van der Waals surface area (Å²) in [6.45, 7) is 6.38. The Bertz CT molecular complexity index is 1510. The summed E-state index contributed by atoms with van der Waals surface area (Å²) >= 11 is 0. The lowest BCUT2D eigenvalue weighted by molar-refractivity contribution is 0.472. The van der Waals surface area contributed by atoms with Crippen LogP contribution in [0.4, 0.5) is 11.4 Å². The average Bonchev–Trinajstić information content (AvgIpc) is 2.90. The molecule has 0 aliphatic carbocycles. The van der Waals surface area contributed by atoms with Crippen molar-refractivity contribution in [2.45, 2.75) is 26.2 Å². The van der Waals surface area contributed by atoms with Crippen molar-refractivity contribution >= 4 is 45.6 Å². The molecule has 7 nitrogen and oxygen atoms in total. The molecular formula is C30H28N6O. The molecule has 2 aromatic heterocycles. The van der Waals surface area contributed by atoms with Crippen molar-refractivity contribution in [1.82, 2.24) is 9.97 Å². The van der Waals surface area contributed by atoms with Crippen molar-refractivity contribution < 1.29 is 5.11 Å². The van der Waals surface area contributed by atoms with Crippen molar-refractivity contribution in [3.8, 4) is 5.75 Å². The van der Waals surface area contributed by atoms with Crippen molar-refractivity contribution in [3.05, 3.63) is 102 Å². The predicted octanol–water partition coefficient (Wildman–Crippen LogP) is 6.68. The van der Waals surface area contributed by atoms with Gasteiger partial charge in [0.15, 0.2) is 0 Å². The fourth-order valence-corrected chi connectivity index (χ4v) is 4.04. The maximum Gasteiger partial charge on any atom is 0.133 e. The van der Waals surface area contributed by atoms with Gasteiger partial charge in [-0.25, -0.2) is 0 Å². The van der Waals surface area contributed by atoms with Crippen molar-refractivity contribution in [1.29, 1.82) is 0 Å². The number of benzene rings is 3. The number of hydrogen-bond acceptors (Lipinski definition) is 7. The van der Waals surface area contributed by atoms with E-state index in [0.717, 1.165) is 38.7 Å². The summed E-state index contributed by atoms with van der Waals surface area (Å²) in [5.74, 6) is 0.0937. The Hall–Kier alpha value is -4.78. The Morgan fingerprint density at radius 3 is 1.62 bits per heavy atom. The van der Waals surface area contributed by atoms with Gasteiger partial charge in [-0.2, -0.15) is 10.2 Å². The van der Waals surface area contributed by atoms with E-state index in [1.165, 1.54) is 0 Å². The second kappa shape index (κ2) is 10.1. The minimum Gasteiger partial charge on any atom is -0.507 e. The third-order valence-electron chi connectivity index (χ3n) is 6.08. The molecule has 5 rings (SSSR count). The van der Waals surface area contributed by atoms with Gasteiger partial charge in [-0.3, -0.25) is 20.8 Å². The van der Waals surface area contributed by atoms with E-state index < -0.39 is 0 Å². The summed E-state index contributed by atoms with van der Waals surface area (Å²) in [6.07, 6.45) is 6.74. The van der Waals surface area contributed by atoms with Gasteiger partial charge in [-0.15, -0.1) is 0 Å². The van der Waals surface area contributed by atoms with Gasteiger partial charge >= 0.3 is 0 Å². The maximum absolute atomic E-state index is 11.1. The molecule has 0 bridgehead atoms. The van der Waals surface area contributed by atoms with Crippen LogP contribution in [0.3, 0.4) is 0 Å². The largest absolute Gasteiger partial charge is 0.507 e. The van der Waals surface area contributed by atoms with E-state index in [1.54, 1.807) is 24.8 Å². The highest BCUT2D eigenvalue weighted by atomic mass is 16.3. The number of hydrazone groups is 2. The van der Waals surface area contributed by atoms with Crippen LogP contribution in [0.25, 0.3) is 21.8 Å². The highest BCUT2D eigenvalue weighted by Crippen LogP contribution is 2.30. The first kappa shape index (κ1) is 23.9. The minimum absolute atomic E-state index is 0.0937. The van der Waals surface area contributed by atoms with Gasteiger partial charge < -0.3 is 5.11 Å². The summed E-state index contributed by atoms with van der Waals surface area (Å²) in [4.78, 5) is 8.90. The number of hydrogen-bond donors (Lipinski definition) is 3. The van der Waals surface area contributed by atoms with Gasteiger partial charge in [0.25, 0.3) is 0 Å². The molecule has 0 aliphatic heterocycles. The van der Waals surface area contributed by atoms with E-state index in [1.807, 2.05) is 72.8 Å². The number of aromatic nitrogens is 2. The first-order chi connectivity index (χ1) is 17.9. The van der Waals surface area contributed by atoms with E-state index in [4.69, 9.17) is 0 Å². The normalized spacial score (nSPS) is 12.1. The van der Waals surface area contributed by atoms with Crippen LogP contribution in [-0.2, 0) is 5.41 Å². The number of phenolic OH excluding ortho intramolecular Hbond substituents is 1. The van der Waals surface area contributed by atoms with Crippen molar-refractivity contribution in [2.24, 2.45) is 10.2 Å². The molecule has 3 aromatic carbocycles. The molecule has 0 amide bonds. The number of aromatic hydroxyl groups is 1. The number of para-hydroxylation sites is 2. The molecule has 0 radical (unpaired) electrons. The van der Waals surface area contributed by atoms with E-state index in [2.05, 4.69) is 51.8 Å². The van der Waals surface area contributed by atoms with Crippen LogP contribution in [0, 0.1) is 0 Å². The fraction of sp³-hybridized carbons (Fsp3) is 0.133. The van der Waals surface area contributed by atoms with E-state index in [-0.39, 0.29) is 11.2 Å². The summed E-state index contributed by atoms with van der Waals surface area (Å²) < 4.78 is 0. The highest BCUT2D eigenvalue weighted by molar-refractivity contribution is 5.95. The number of nitrogens with zero attached hydrogens (tertiary/aromatic N) is 4. The van der Waals surface area contributed by atoms with Crippen molar-refractivity contribution in [2.75, 3.05) is 10.9 Å². The number of pyridine rings is 2. The Kier molecular flexibility index (Phi) is 6.51. The van der Waals surface area contributed by atoms with Gasteiger partial charge in [-0.1, -0.05) is 57.2 Å². The zero-order chi connectivity index (χ0) is 25.8. The smallest absolute Gasteiger partial charge is 0.133 e. The van der Waals surface area contributed by atoms with Gasteiger partial charge in [0, 0.05) is 34.3 Å². The van der Waals surface area contributed by atoms with Gasteiger partial charge in [0.1, 0.15) is 5.75 Å². The standard InChI is InChI=1S/C30H28N6O/c1-30(2,3)24-16-22(18-33-35-25-12-4-8-20-10-6-14-31-27(20)25)29(37)23(17-24)19-34-36-26-13-5-9-21-11-7-15-32-28(21)26/h4-19,35-37H,1-3H3. The van der Waals surface area contributed by atoms with Crippen LogP contribution < -0.4 is 10.9 Å². The summed E-state index contributed by atoms with van der Waals surface area (Å²) in [5, 5.41) is 21.9. The first-order valence-corrected chi connectivity index (χ1v) is 12.0. The second-order valence-corrected chi connectivity index (χ2v) is 9.75. The molecule has 0 aliphatic rings. The minimum atomic E-state index is -0.140. The Balaban J connectivity index is 1.43. The number of nitrogens with one attached hydrogen (secondary N) is 2. The molecule has 5 aromatic rings. The van der Waals surface area contributed by atoms with E-state index in [0.29, 0.717) is 11.1 Å². The Labute approximate surface area is 215 Å². The molecule has 0 saturated heterocycles. The Morgan fingerprint density at radius 1 is 0.703 bits per heavy atom. The molecule has 37 heavy (non-hydrogen) atoms. The third kappa shape index (κ3) is 5.26. The molecule has 0 saturated carbocycles. The number of anilines is 2. The van der Waals surface area contributed by atoms with Gasteiger partial charge in [0.2, 0.25) is 0 Å². The maximum atomic E-state index is 11.1. The highest BCUT2D eigenvalue weighted by Gasteiger charge is 2.18. The number of fused-ring (bicyclic) bond motifs is 2. The molecule has 0 atom stereocenters. The van der Waals surface area contributed by atoms with Crippen LogP contribution in [-0.4, -0.2) is 27.5 Å². The summed E-state index contributed by atoms with van der Waals surface area (Å²) in [7, 11) is 0. The molecule has 2 heterocycles. The molecule has 0 fully saturated rings. The topological polar surface area (TPSA) is 94.8 Å². The summed E-state index contributed by atoms with van der Waals surface area (Å²) in [6, 6.07) is 23.5. The fourth-order valence-electron chi connectivity index (χ4n) is 4.04. The van der Waals surface area contributed by atoms with E-state index >= 15 is 0 Å². The van der Waals surface area contributed by atoms with Gasteiger partial charge in [-0.05, 0) is 47.4 Å². The molecule has 3 N–H and O–H groups in total. The van der Waals surface area contributed by atoms with Crippen LogP contribution in [0.1, 0.15) is 37.5 Å². The van der Waals surface area contributed by atoms with Crippen LogP contribution in [0.5, 0.6) is 5.75 Å². The van der Waals surface area contributed by atoms with Crippen molar-refractivity contribution in [3.63, 3.8) is 0 Å². The van der Waals surface area contributed by atoms with Crippen LogP contribution >= 0.6 is 0 Å². The lowest BCUT2D eigenvalue weighted by Crippen LogP contribution is -2.12. The summed E-state index contributed by atoms with van der Waals surface area (Å²) in [5.41, 5.74) is 11.4. The SMILES string of the molecule is CC(C)(C)c1cc(C=NNc2cccc3cccnc23)c(O)c(C=NNc2cccc3cccnc23)c1. The van der Waals surface area contributed by atoms with Gasteiger partial charge in [0.05, 0.1) is 34.8 Å². The molecule has 7 heteroatoms. The zero-order valence-corrected chi connectivity index (χ0v) is 21.0. The lowest BCUT2D eigenvalue weighted by Gasteiger charge is -2.21. The monoisotopic (exact) mass is 488 g/mol. The molecule has 0 spiro atoms. The second-order valence-electron chi connectivity index (χ2n) is 9.75. The quantitative estimate of drug-likeness (QED) is 0.183. The Morgan fingerprint density at radius 2 is 1.16 bits per heavy atom. The lowest BCUT2D eigenvalue weighted by atomic mass is 9.85. The number of rotatable bonds is 6. The first-order valence-electron chi connectivity index (χ1n) is 12.0. The molecule has 0 unspecified atom stereocenters. The van der Waals surface area contributed by atoms with Crippen LogP contribution in [0.15, 0.2) is 95.4 Å².